The van der Waals surface area contributed by atoms with E-state index in [0.29, 0.717) is 10.9 Å². The molecule has 0 bridgehead atoms. The minimum atomic E-state index is 0.424. The van der Waals surface area contributed by atoms with Gasteiger partial charge in [-0.15, -0.1) is 0 Å². The molecule has 0 saturated carbocycles. The van der Waals surface area contributed by atoms with E-state index in [0.717, 1.165) is 43.1 Å². The smallest absolute Gasteiger partial charge is 0.123 e. The fraction of sp³-hybridized carbons (Fsp3) is 0.533. The average molecular weight is 294 g/mol. The van der Waals surface area contributed by atoms with Crippen molar-refractivity contribution in [1.29, 1.82) is 0 Å². The summed E-state index contributed by atoms with van der Waals surface area (Å²) >= 11 is 5.04. The van der Waals surface area contributed by atoms with Crippen LogP contribution in [-0.2, 0) is 11.3 Å². The summed E-state index contributed by atoms with van der Waals surface area (Å²) in [4.78, 5) is 2.85. The summed E-state index contributed by atoms with van der Waals surface area (Å²) in [7, 11) is 3.45. The van der Waals surface area contributed by atoms with Gasteiger partial charge in [-0.25, -0.2) is 0 Å². The Labute approximate surface area is 125 Å². The van der Waals surface area contributed by atoms with Crippen LogP contribution in [0.2, 0.25) is 0 Å². The van der Waals surface area contributed by atoms with Crippen LogP contribution in [0.4, 0.5) is 0 Å². The summed E-state index contributed by atoms with van der Waals surface area (Å²) in [5, 5.41) is 0. The van der Waals surface area contributed by atoms with E-state index in [1.54, 1.807) is 14.2 Å². The van der Waals surface area contributed by atoms with Crippen molar-refractivity contribution in [2.75, 3.05) is 33.9 Å². The standard InChI is InChI=1S/C15H22N2O2S/c1-18-10-11-5-6-17(8-11)9-13-7-12(15(16)20)3-4-14(13)19-2/h3-4,7,11H,5-6,8-10H2,1-2H3,(H2,16,20). The van der Waals surface area contributed by atoms with E-state index in [1.165, 1.54) is 6.42 Å². The van der Waals surface area contributed by atoms with Crippen molar-refractivity contribution in [3.8, 4) is 5.75 Å². The fourth-order valence-corrected chi connectivity index (χ4v) is 2.85. The molecule has 0 radical (unpaired) electrons. The Morgan fingerprint density at radius 2 is 2.25 bits per heavy atom. The SMILES string of the molecule is COCC1CCN(Cc2cc(C(N)=S)ccc2OC)C1. The van der Waals surface area contributed by atoms with Crippen LogP contribution in [0.1, 0.15) is 17.5 Å². The van der Waals surface area contributed by atoms with Crippen molar-refractivity contribution < 1.29 is 9.47 Å². The molecule has 2 N–H and O–H groups in total. The Kier molecular flexibility index (Phi) is 5.34. The zero-order valence-electron chi connectivity index (χ0n) is 12.1. The zero-order chi connectivity index (χ0) is 14.5. The zero-order valence-corrected chi connectivity index (χ0v) is 12.9. The van der Waals surface area contributed by atoms with Crippen LogP contribution >= 0.6 is 12.2 Å². The molecule has 1 heterocycles. The molecule has 110 valence electrons. The molecular weight excluding hydrogens is 272 g/mol. The highest BCUT2D eigenvalue weighted by molar-refractivity contribution is 7.80. The Morgan fingerprint density at radius 1 is 1.45 bits per heavy atom. The van der Waals surface area contributed by atoms with Crippen LogP contribution in [0.15, 0.2) is 18.2 Å². The van der Waals surface area contributed by atoms with Gasteiger partial charge in [0.15, 0.2) is 0 Å². The molecule has 1 saturated heterocycles. The van der Waals surface area contributed by atoms with Gasteiger partial charge in [0, 0.05) is 31.3 Å². The fourth-order valence-electron chi connectivity index (χ4n) is 2.72. The van der Waals surface area contributed by atoms with E-state index in [1.807, 2.05) is 18.2 Å². The van der Waals surface area contributed by atoms with Gasteiger partial charge in [0.2, 0.25) is 0 Å². The van der Waals surface area contributed by atoms with Crippen LogP contribution in [0.5, 0.6) is 5.75 Å². The number of ether oxygens (including phenoxy) is 2. The third-order valence-electron chi connectivity index (χ3n) is 3.73. The van der Waals surface area contributed by atoms with Gasteiger partial charge in [-0.1, -0.05) is 12.2 Å². The maximum Gasteiger partial charge on any atom is 0.123 e. The van der Waals surface area contributed by atoms with E-state index >= 15 is 0 Å². The molecule has 0 aliphatic carbocycles. The minimum Gasteiger partial charge on any atom is -0.496 e. The van der Waals surface area contributed by atoms with Crippen LogP contribution in [-0.4, -0.2) is 43.8 Å². The van der Waals surface area contributed by atoms with Crippen molar-refractivity contribution in [2.24, 2.45) is 11.7 Å². The van der Waals surface area contributed by atoms with Crippen LogP contribution in [0.3, 0.4) is 0 Å². The monoisotopic (exact) mass is 294 g/mol. The number of rotatable bonds is 6. The maximum absolute atomic E-state index is 5.70. The molecule has 1 aromatic rings. The first-order valence-corrected chi connectivity index (χ1v) is 7.23. The first-order valence-electron chi connectivity index (χ1n) is 6.82. The molecule has 0 aromatic heterocycles. The summed E-state index contributed by atoms with van der Waals surface area (Å²) < 4.78 is 10.7. The highest BCUT2D eigenvalue weighted by atomic mass is 32.1. The van der Waals surface area contributed by atoms with Crippen molar-refractivity contribution in [2.45, 2.75) is 13.0 Å². The van der Waals surface area contributed by atoms with Crippen LogP contribution < -0.4 is 10.5 Å². The summed E-state index contributed by atoms with van der Waals surface area (Å²) in [6.07, 6.45) is 1.19. The van der Waals surface area contributed by atoms with Gasteiger partial charge in [0.1, 0.15) is 10.7 Å². The quantitative estimate of drug-likeness (QED) is 0.811. The van der Waals surface area contributed by atoms with E-state index in [2.05, 4.69) is 4.90 Å². The molecule has 5 heteroatoms. The number of hydrogen-bond donors (Lipinski definition) is 1. The summed E-state index contributed by atoms with van der Waals surface area (Å²) in [5.74, 6) is 1.52. The summed E-state index contributed by atoms with van der Waals surface area (Å²) in [6.45, 7) is 3.85. The summed E-state index contributed by atoms with van der Waals surface area (Å²) in [6, 6.07) is 5.87. The lowest BCUT2D eigenvalue weighted by molar-refractivity contribution is 0.152. The van der Waals surface area contributed by atoms with Crippen molar-refractivity contribution in [1.82, 2.24) is 4.90 Å². The van der Waals surface area contributed by atoms with Gasteiger partial charge in [-0.3, -0.25) is 4.90 Å². The van der Waals surface area contributed by atoms with Crippen molar-refractivity contribution in [3.63, 3.8) is 0 Å². The molecule has 20 heavy (non-hydrogen) atoms. The van der Waals surface area contributed by atoms with Gasteiger partial charge in [-0.2, -0.15) is 0 Å². The van der Waals surface area contributed by atoms with Crippen LogP contribution in [0.25, 0.3) is 0 Å². The van der Waals surface area contributed by atoms with Gasteiger partial charge in [0.05, 0.1) is 13.7 Å². The molecule has 2 rings (SSSR count). The maximum atomic E-state index is 5.70. The van der Waals surface area contributed by atoms with Gasteiger partial charge < -0.3 is 15.2 Å². The number of thiocarbonyl (C=S) groups is 1. The number of likely N-dealkylation sites (tertiary alicyclic amines) is 1. The molecule has 4 nitrogen and oxygen atoms in total. The van der Waals surface area contributed by atoms with Gasteiger partial charge in [-0.05, 0) is 37.1 Å². The Morgan fingerprint density at radius 3 is 2.90 bits per heavy atom. The Bertz CT molecular complexity index is 479. The molecular formula is C15H22N2O2S. The lowest BCUT2D eigenvalue weighted by atomic mass is 10.1. The van der Waals surface area contributed by atoms with E-state index in [-0.39, 0.29) is 0 Å². The number of benzene rings is 1. The van der Waals surface area contributed by atoms with Crippen molar-refractivity contribution in [3.05, 3.63) is 29.3 Å². The molecule has 1 atom stereocenters. The lowest BCUT2D eigenvalue weighted by Gasteiger charge is -2.18. The molecule has 1 aromatic carbocycles. The predicted molar refractivity (Wildman–Crippen MR) is 84.1 cm³/mol. The van der Waals surface area contributed by atoms with E-state index < -0.39 is 0 Å². The molecule has 1 unspecified atom stereocenters. The lowest BCUT2D eigenvalue weighted by Crippen LogP contribution is -2.22. The molecule has 1 aliphatic heterocycles. The Hall–Kier alpha value is -1.17. The Balaban J connectivity index is 2.08. The molecule has 0 amide bonds. The summed E-state index contributed by atoms with van der Waals surface area (Å²) in [5.41, 5.74) is 7.73. The number of nitrogens with zero attached hydrogens (tertiary/aromatic N) is 1. The highest BCUT2D eigenvalue weighted by Crippen LogP contribution is 2.25. The minimum absolute atomic E-state index is 0.424. The normalized spacial score (nSPS) is 19.2. The average Bonchev–Trinajstić information content (AvgIpc) is 2.86. The van der Waals surface area contributed by atoms with E-state index in [4.69, 9.17) is 27.4 Å². The predicted octanol–water partition coefficient (Wildman–Crippen LogP) is 1.80. The number of methoxy groups -OCH3 is 2. The number of hydrogen-bond acceptors (Lipinski definition) is 4. The first-order chi connectivity index (χ1) is 9.63. The first kappa shape index (κ1) is 15.2. The molecule has 0 spiro atoms. The van der Waals surface area contributed by atoms with Crippen LogP contribution in [0, 0.1) is 5.92 Å². The molecule has 1 aliphatic rings. The second kappa shape index (κ2) is 7.02. The second-order valence-corrected chi connectivity index (χ2v) is 5.68. The highest BCUT2D eigenvalue weighted by Gasteiger charge is 2.23. The largest absolute Gasteiger partial charge is 0.496 e. The topological polar surface area (TPSA) is 47.7 Å². The third kappa shape index (κ3) is 3.69. The third-order valence-corrected chi connectivity index (χ3v) is 3.97. The number of nitrogens with two attached hydrogens (primary N) is 1. The van der Waals surface area contributed by atoms with Crippen molar-refractivity contribution >= 4 is 17.2 Å². The van der Waals surface area contributed by atoms with E-state index in [9.17, 15) is 0 Å². The molecule has 1 fully saturated rings. The van der Waals surface area contributed by atoms with Gasteiger partial charge >= 0.3 is 0 Å². The van der Waals surface area contributed by atoms with Gasteiger partial charge in [0.25, 0.3) is 0 Å². The second-order valence-electron chi connectivity index (χ2n) is 5.24.